The van der Waals surface area contributed by atoms with Crippen molar-refractivity contribution in [3.8, 4) is 0 Å². The largest absolute Gasteiger partial charge is 0.544 e. The van der Waals surface area contributed by atoms with Gasteiger partial charge in [0.05, 0.1) is 26.6 Å². The van der Waals surface area contributed by atoms with Gasteiger partial charge in [-0.05, 0) is 6.42 Å². The Kier molecular flexibility index (Phi) is 8.37. The molecule has 0 radical (unpaired) electrons. The number of unbranched alkanes of at least 4 members (excludes halogenated alkanes) is 2. The Labute approximate surface area is 110 Å². The molecule has 1 N–H and O–H groups in total. The number of carbonyl (C=O) groups is 2. The molecule has 0 aromatic rings. The fourth-order valence-electron chi connectivity index (χ4n) is 1.79. The molecule has 5 heteroatoms. The molecule has 0 aromatic carbocycles. The van der Waals surface area contributed by atoms with Gasteiger partial charge in [-0.2, -0.15) is 0 Å². The van der Waals surface area contributed by atoms with Gasteiger partial charge >= 0.3 is 0 Å². The van der Waals surface area contributed by atoms with Gasteiger partial charge < -0.3 is 19.7 Å². The molecule has 5 nitrogen and oxygen atoms in total. The number of carbonyl (C=O) groups excluding carboxylic acids is 2. The third-order valence-electron chi connectivity index (χ3n) is 2.83. The summed E-state index contributed by atoms with van der Waals surface area (Å²) in [4.78, 5) is 21.9. The molecule has 1 amide bonds. The second-order valence-electron chi connectivity index (χ2n) is 5.35. The van der Waals surface area contributed by atoms with Crippen molar-refractivity contribution in [2.24, 2.45) is 0 Å². The fraction of sp³-hybridized carbons (Fsp3) is 0.846. The van der Waals surface area contributed by atoms with Crippen LogP contribution >= 0.6 is 0 Å². The molecule has 106 valence electrons. The van der Waals surface area contributed by atoms with Crippen LogP contribution in [0.2, 0.25) is 0 Å². The zero-order valence-electron chi connectivity index (χ0n) is 11.8. The van der Waals surface area contributed by atoms with E-state index >= 15 is 0 Å². The third-order valence-corrected chi connectivity index (χ3v) is 2.83. The van der Waals surface area contributed by atoms with Crippen LogP contribution in [-0.4, -0.2) is 50.1 Å². The van der Waals surface area contributed by atoms with E-state index in [0.717, 1.165) is 25.7 Å². The molecule has 0 aliphatic heterocycles. The van der Waals surface area contributed by atoms with Crippen molar-refractivity contribution in [2.45, 2.75) is 39.0 Å². The summed E-state index contributed by atoms with van der Waals surface area (Å²) in [5.74, 6) is -0.947. The first-order valence-corrected chi connectivity index (χ1v) is 6.66. The number of quaternary nitrogens is 1. The molecule has 0 aliphatic rings. The standard InChI is InChI=1S/C13H26N2O3/c1-4-5-6-8-12(16)14-9-7-10-15(2,3)11-13(17)18/h4-11H2,1-3H3,(H-,14,16,17,18). The van der Waals surface area contributed by atoms with Gasteiger partial charge in [-0.3, -0.25) is 4.79 Å². The van der Waals surface area contributed by atoms with Crippen LogP contribution in [0.5, 0.6) is 0 Å². The highest BCUT2D eigenvalue weighted by molar-refractivity contribution is 5.75. The topological polar surface area (TPSA) is 69.2 Å². The Bertz CT molecular complexity index is 265. The summed E-state index contributed by atoms with van der Waals surface area (Å²) in [7, 11) is 3.69. The number of nitrogens with zero attached hydrogens (tertiary/aromatic N) is 1. The van der Waals surface area contributed by atoms with Crippen molar-refractivity contribution in [1.29, 1.82) is 0 Å². The molecule has 0 rings (SSSR count). The minimum Gasteiger partial charge on any atom is -0.544 e. The molecule has 0 bridgehead atoms. The number of amides is 1. The van der Waals surface area contributed by atoms with E-state index in [0.29, 0.717) is 24.0 Å². The molecule has 0 unspecified atom stereocenters. The van der Waals surface area contributed by atoms with Crippen molar-refractivity contribution in [1.82, 2.24) is 5.32 Å². The molecule has 18 heavy (non-hydrogen) atoms. The van der Waals surface area contributed by atoms with Crippen LogP contribution in [-0.2, 0) is 9.59 Å². The Morgan fingerprint density at radius 1 is 1.17 bits per heavy atom. The summed E-state index contributed by atoms with van der Waals surface area (Å²) in [6.45, 7) is 3.43. The SMILES string of the molecule is CCCCCC(=O)NCCC[N+](C)(C)CC(=O)[O-]. The zero-order chi connectivity index (χ0) is 14.0. The van der Waals surface area contributed by atoms with Crippen LogP contribution < -0.4 is 10.4 Å². The lowest BCUT2D eigenvalue weighted by Gasteiger charge is -2.30. The van der Waals surface area contributed by atoms with Crippen LogP contribution in [0.4, 0.5) is 0 Å². The lowest BCUT2D eigenvalue weighted by Crippen LogP contribution is -2.49. The van der Waals surface area contributed by atoms with Crippen LogP contribution in [0.3, 0.4) is 0 Å². The van der Waals surface area contributed by atoms with Gasteiger partial charge in [0, 0.05) is 19.4 Å². The fourth-order valence-corrected chi connectivity index (χ4v) is 1.79. The van der Waals surface area contributed by atoms with Crippen LogP contribution in [0.15, 0.2) is 0 Å². The minimum atomic E-state index is -1.04. The first kappa shape index (κ1) is 16.9. The zero-order valence-corrected chi connectivity index (χ0v) is 11.8. The number of hydrogen-bond acceptors (Lipinski definition) is 3. The number of likely N-dealkylation sites (N-methyl/N-ethyl adjacent to an activating group) is 1. The summed E-state index contributed by atoms with van der Waals surface area (Å²) < 4.78 is 0.383. The van der Waals surface area contributed by atoms with E-state index in [1.165, 1.54) is 0 Å². The highest BCUT2D eigenvalue weighted by atomic mass is 16.4. The predicted octanol–water partition coefficient (Wildman–Crippen LogP) is -0.101. The van der Waals surface area contributed by atoms with Crippen LogP contribution in [0.1, 0.15) is 39.0 Å². The quantitative estimate of drug-likeness (QED) is 0.439. The van der Waals surface area contributed by atoms with Gasteiger partial charge in [0.15, 0.2) is 0 Å². The molecule has 0 spiro atoms. The summed E-state index contributed by atoms with van der Waals surface area (Å²) in [5.41, 5.74) is 0. The molecular formula is C13H26N2O3. The monoisotopic (exact) mass is 258 g/mol. The Balaban J connectivity index is 3.60. The Morgan fingerprint density at radius 2 is 1.83 bits per heavy atom. The average molecular weight is 258 g/mol. The Morgan fingerprint density at radius 3 is 2.39 bits per heavy atom. The number of hydrogen-bond donors (Lipinski definition) is 1. The summed E-state index contributed by atoms with van der Waals surface area (Å²) >= 11 is 0. The molecule has 0 fully saturated rings. The van der Waals surface area contributed by atoms with Crippen LogP contribution in [0, 0.1) is 0 Å². The second-order valence-corrected chi connectivity index (χ2v) is 5.35. The number of carboxylic acid groups (broad SMARTS) is 1. The van der Waals surface area contributed by atoms with Gasteiger partial charge in [-0.25, -0.2) is 0 Å². The molecular weight excluding hydrogens is 232 g/mol. The van der Waals surface area contributed by atoms with Crippen molar-refractivity contribution in [3.05, 3.63) is 0 Å². The molecule has 0 saturated heterocycles. The van der Waals surface area contributed by atoms with E-state index in [2.05, 4.69) is 12.2 Å². The third kappa shape index (κ3) is 10.1. The minimum absolute atomic E-state index is 0.00441. The van der Waals surface area contributed by atoms with Crippen LogP contribution in [0.25, 0.3) is 0 Å². The van der Waals surface area contributed by atoms with E-state index in [9.17, 15) is 14.7 Å². The number of rotatable bonds is 10. The van der Waals surface area contributed by atoms with E-state index in [1.807, 2.05) is 14.1 Å². The number of carboxylic acids is 1. The van der Waals surface area contributed by atoms with E-state index in [4.69, 9.17) is 0 Å². The Hall–Kier alpha value is -1.10. The molecule has 0 atom stereocenters. The van der Waals surface area contributed by atoms with Gasteiger partial charge in [-0.15, -0.1) is 0 Å². The van der Waals surface area contributed by atoms with Crippen molar-refractivity contribution in [2.75, 3.05) is 33.7 Å². The van der Waals surface area contributed by atoms with Gasteiger partial charge in [0.25, 0.3) is 0 Å². The average Bonchev–Trinajstić information content (AvgIpc) is 2.23. The lowest BCUT2D eigenvalue weighted by molar-refractivity contribution is -0.884. The molecule has 0 aliphatic carbocycles. The first-order chi connectivity index (χ1) is 8.37. The van der Waals surface area contributed by atoms with Crippen molar-refractivity contribution < 1.29 is 19.2 Å². The maximum atomic E-state index is 11.4. The van der Waals surface area contributed by atoms with Gasteiger partial charge in [-0.1, -0.05) is 19.8 Å². The highest BCUT2D eigenvalue weighted by Gasteiger charge is 2.14. The van der Waals surface area contributed by atoms with E-state index in [-0.39, 0.29) is 12.5 Å². The smallest absolute Gasteiger partial charge is 0.219 e. The van der Waals surface area contributed by atoms with E-state index < -0.39 is 5.97 Å². The maximum Gasteiger partial charge on any atom is 0.219 e. The molecule has 0 heterocycles. The maximum absolute atomic E-state index is 11.4. The first-order valence-electron chi connectivity index (χ1n) is 6.66. The highest BCUT2D eigenvalue weighted by Crippen LogP contribution is 2.00. The summed E-state index contributed by atoms with van der Waals surface area (Å²) in [6, 6.07) is 0. The number of nitrogens with one attached hydrogen (secondary N) is 1. The molecule has 0 aromatic heterocycles. The van der Waals surface area contributed by atoms with Gasteiger partial charge in [0.2, 0.25) is 5.91 Å². The summed E-state index contributed by atoms with van der Waals surface area (Å²) in [6.07, 6.45) is 4.50. The molecule has 0 saturated carbocycles. The van der Waals surface area contributed by atoms with Crippen molar-refractivity contribution >= 4 is 11.9 Å². The normalized spacial score (nSPS) is 11.3. The number of aliphatic carboxylic acids is 1. The van der Waals surface area contributed by atoms with E-state index in [1.54, 1.807) is 0 Å². The van der Waals surface area contributed by atoms with Gasteiger partial charge in [0.1, 0.15) is 6.54 Å². The van der Waals surface area contributed by atoms with Crippen molar-refractivity contribution in [3.63, 3.8) is 0 Å². The summed E-state index contributed by atoms with van der Waals surface area (Å²) in [5, 5.41) is 13.4. The second kappa shape index (κ2) is 8.91. The lowest BCUT2D eigenvalue weighted by atomic mass is 10.2. The predicted molar refractivity (Wildman–Crippen MR) is 68.6 cm³/mol.